The second-order valence-corrected chi connectivity index (χ2v) is 7.12. The van der Waals surface area contributed by atoms with Crippen molar-refractivity contribution < 1.29 is 4.79 Å². The van der Waals surface area contributed by atoms with Crippen LogP contribution >= 0.6 is 11.6 Å². The molecule has 2 atom stereocenters. The van der Waals surface area contributed by atoms with Crippen molar-refractivity contribution in [3.05, 3.63) is 34.9 Å². The van der Waals surface area contributed by atoms with Crippen LogP contribution in [0, 0.1) is 5.92 Å². The molecule has 0 aromatic heterocycles. The molecular weight excluding hydrogens is 298 g/mol. The summed E-state index contributed by atoms with van der Waals surface area (Å²) < 4.78 is 0. The first kappa shape index (κ1) is 15.8. The molecule has 2 unspecified atom stereocenters. The maximum atomic E-state index is 12.8. The lowest BCUT2D eigenvalue weighted by molar-refractivity contribution is -0.130. The van der Waals surface area contributed by atoms with E-state index in [0.29, 0.717) is 29.6 Å². The first-order valence-electron chi connectivity index (χ1n) is 8.08. The fraction of sp³-hybridized carbons (Fsp3) is 0.588. The second kappa shape index (κ2) is 6.19. The van der Waals surface area contributed by atoms with Crippen LogP contribution in [0.25, 0.3) is 0 Å². The molecule has 0 radical (unpaired) electrons. The number of carbonyl (C=O) groups excluding carboxylic acids is 1. The average Bonchev–Trinajstić information content (AvgIpc) is 2.77. The van der Waals surface area contributed by atoms with E-state index < -0.39 is 0 Å². The number of carbonyl (C=O) groups is 1. The molecule has 1 aliphatic carbocycles. The van der Waals surface area contributed by atoms with Crippen LogP contribution in [0.1, 0.15) is 38.7 Å². The van der Waals surface area contributed by atoms with Crippen molar-refractivity contribution in [3.8, 4) is 0 Å². The van der Waals surface area contributed by atoms with E-state index in [9.17, 15) is 4.79 Å². The predicted octanol–water partition coefficient (Wildman–Crippen LogP) is 2.38. The molecule has 1 aliphatic heterocycles. The van der Waals surface area contributed by atoms with E-state index in [4.69, 9.17) is 11.6 Å². The monoisotopic (exact) mass is 321 g/mol. The number of amides is 1. The Hall–Kier alpha value is -1.10. The predicted molar refractivity (Wildman–Crippen MR) is 88.7 cm³/mol. The largest absolute Gasteiger partial charge is 0.355 e. The van der Waals surface area contributed by atoms with Gasteiger partial charge in [-0.1, -0.05) is 30.2 Å². The van der Waals surface area contributed by atoms with Gasteiger partial charge in [-0.3, -0.25) is 15.6 Å². The molecule has 1 saturated carbocycles. The minimum Gasteiger partial charge on any atom is -0.355 e. The number of hydrogen-bond donors (Lipinski definition) is 3. The summed E-state index contributed by atoms with van der Waals surface area (Å²) in [6.45, 7) is 4.99. The molecule has 4 nitrogen and oxygen atoms in total. The van der Waals surface area contributed by atoms with Crippen LogP contribution in [-0.2, 0) is 10.2 Å². The number of hydrazine groups is 1. The van der Waals surface area contributed by atoms with E-state index >= 15 is 0 Å². The maximum Gasteiger partial charge on any atom is 0.230 e. The van der Waals surface area contributed by atoms with Gasteiger partial charge in [0.2, 0.25) is 5.91 Å². The van der Waals surface area contributed by atoms with Crippen LogP contribution in [0.15, 0.2) is 24.3 Å². The zero-order valence-electron chi connectivity index (χ0n) is 13.2. The Morgan fingerprint density at radius 1 is 1.23 bits per heavy atom. The summed E-state index contributed by atoms with van der Waals surface area (Å²) in [5.41, 5.74) is 7.20. The van der Waals surface area contributed by atoms with Crippen LogP contribution in [-0.4, -0.2) is 24.5 Å². The molecule has 2 aliphatic rings. The lowest BCUT2D eigenvalue weighted by atomic mass is 9.63. The van der Waals surface area contributed by atoms with Gasteiger partial charge in [-0.15, -0.1) is 0 Å². The summed E-state index contributed by atoms with van der Waals surface area (Å²) >= 11 is 5.97. The van der Waals surface area contributed by atoms with Crippen molar-refractivity contribution in [2.75, 3.05) is 6.54 Å². The van der Waals surface area contributed by atoms with Gasteiger partial charge in [0.05, 0.1) is 5.41 Å². The molecule has 1 amide bonds. The summed E-state index contributed by atoms with van der Waals surface area (Å²) in [5.74, 6) is 0.568. The standard InChI is InChI=1S/C17H24ClN3O/c1-11-15(12(2)21-20-11)10-19-16(22)17(8-3-9-17)13-4-6-14(18)7-5-13/h4-7,11-12,15,20-21H,3,8-10H2,1-2H3,(H,19,22). The Labute approximate surface area is 137 Å². The molecule has 5 heteroatoms. The summed E-state index contributed by atoms with van der Waals surface area (Å²) in [5, 5.41) is 3.90. The van der Waals surface area contributed by atoms with Crippen LogP contribution in [0.5, 0.6) is 0 Å². The first-order valence-corrected chi connectivity index (χ1v) is 8.46. The summed E-state index contributed by atoms with van der Waals surface area (Å²) in [4.78, 5) is 12.8. The minimum absolute atomic E-state index is 0.160. The summed E-state index contributed by atoms with van der Waals surface area (Å²) in [6, 6.07) is 8.46. The molecule has 0 bridgehead atoms. The topological polar surface area (TPSA) is 53.2 Å². The molecule has 1 aromatic carbocycles. The van der Waals surface area contributed by atoms with Gasteiger partial charge in [0.25, 0.3) is 0 Å². The highest BCUT2D eigenvalue weighted by Crippen LogP contribution is 2.44. The van der Waals surface area contributed by atoms with Crippen LogP contribution < -0.4 is 16.2 Å². The Bertz CT molecular complexity index is 531. The van der Waals surface area contributed by atoms with Gasteiger partial charge in [0.15, 0.2) is 0 Å². The lowest BCUT2D eigenvalue weighted by Crippen LogP contribution is -2.51. The van der Waals surface area contributed by atoms with Gasteiger partial charge in [0.1, 0.15) is 0 Å². The fourth-order valence-corrected chi connectivity index (χ4v) is 3.72. The Kier molecular flexibility index (Phi) is 4.44. The van der Waals surface area contributed by atoms with Crippen molar-refractivity contribution in [3.63, 3.8) is 0 Å². The highest BCUT2D eigenvalue weighted by Gasteiger charge is 2.45. The van der Waals surface area contributed by atoms with Crippen molar-refractivity contribution >= 4 is 17.5 Å². The average molecular weight is 322 g/mol. The SMILES string of the molecule is CC1NNC(C)C1CNC(=O)C1(c2ccc(Cl)cc2)CCC1. The zero-order valence-corrected chi connectivity index (χ0v) is 13.9. The second-order valence-electron chi connectivity index (χ2n) is 6.68. The molecule has 0 spiro atoms. The third-order valence-electron chi connectivity index (χ3n) is 5.36. The zero-order chi connectivity index (χ0) is 15.7. The van der Waals surface area contributed by atoms with E-state index in [1.165, 1.54) is 0 Å². The Morgan fingerprint density at radius 3 is 2.32 bits per heavy atom. The van der Waals surface area contributed by atoms with E-state index in [0.717, 1.165) is 24.8 Å². The Morgan fingerprint density at radius 2 is 1.82 bits per heavy atom. The molecule has 1 heterocycles. The number of nitrogens with one attached hydrogen (secondary N) is 3. The number of rotatable bonds is 4. The third-order valence-corrected chi connectivity index (χ3v) is 5.61. The molecule has 3 rings (SSSR count). The molecular formula is C17H24ClN3O. The molecule has 1 saturated heterocycles. The highest BCUT2D eigenvalue weighted by molar-refractivity contribution is 6.30. The van der Waals surface area contributed by atoms with Crippen molar-refractivity contribution in [2.45, 2.75) is 50.6 Å². The van der Waals surface area contributed by atoms with Crippen LogP contribution in [0.2, 0.25) is 5.02 Å². The van der Waals surface area contributed by atoms with Crippen molar-refractivity contribution in [1.82, 2.24) is 16.2 Å². The fourth-order valence-electron chi connectivity index (χ4n) is 3.59. The number of hydrogen-bond acceptors (Lipinski definition) is 3. The molecule has 22 heavy (non-hydrogen) atoms. The quantitative estimate of drug-likeness (QED) is 0.798. The first-order chi connectivity index (χ1) is 10.5. The van der Waals surface area contributed by atoms with Gasteiger partial charge in [-0.2, -0.15) is 0 Å². The molecule has 3 N–H and O–H groups in total. The lowest BCUT2D eigenvalue weighted by Gasteiger charge is -2.41. The van der Waals surface area contributed by atoms with E-state index in [2.05, 4.69) is 30.0 Å². The van der Waals surface area contributed by atoms with E-state index in [-0.39, 0.29) is 11.3 Å². The van der Waals surface area contributed by atoms with E-state index in [1.54, 1.807) is 0 Å². The molecule has 1 aromatic rings. The molecule has 2 fully saturated rings. The third kappa shape index (κ3) is 2.75. The Balaban J connectivity index is 1.68. The van der Waals surface area contributed by atoms with Gasteiger partial charge in [0, 0.05) is 29.6 Å². The summed E-state index contributed by atoms with van der Waals surface area (Å²) in [6.07, 6.45) is 2.95. The maximum absolute atomic E-state index is 12.8. The van der Waals surface area contributed by atoms with Gasteiger partial charge >= 0.3 is 0 Å². The van der Waals surface area contributed by atoms with Gasteiger partial charge < -0.3 is 5.32 Å². The highest BCUT2D eigenvalue weighted by atomic mass is 35.5. The van der Waals surface area contributed by atoms with Gasteiger partial charge in [-0.05, 0) is 44.4 Å². The van der Waals surface area contributed by atoms with Crippen molar-refractivity contribution in [1.29, 1.82) is 0 Å². The van der Waals surface area contributed by atoms with Crippen LogP contribution in [0.4, 0.5) is 0 Å². The minimum atomic E-state index is -0.351. The van der Waals surface area contributed by atoms with Crippen molar-refractivity contribution in [2.24, 2.45) is 5.92 Å². The van der Waals surface area contributed by atoms with Crippen LogP contribution in [0.3, 0.4) is 0 Å². The summed E-state index contributed by atoms with van der Waals surface area (Å²) in [7, 11) is 0. The molecule has 120 valence electrons. The van der Waals surface area contributed by atoms with Gasteiger partial charge in [-0.25, -0.2) is 0 Å². The normalized spacial score (nSPS) is 29.9. The smallest absolute Gasteiger partial charge is 0.230 e. The number of halogens is 1. The van der Waals surface area contributed by atoms with E-state index in [1.807, 2.05) is 24.3 Å². The number of benzene rings is 1.